The van der Waals surface area contributed by atoms with Crippen molar-refractivity contribution in [3.63, 3.8) is 0 Å². The fourth-order valence-corrected chi connectivity index (χ4v) is 6.46. The molecule has 4 N–H and O–H groups in total. The van der Waals surface area contributed by atoms with E-state index in [0.717, 1.165) is 21.0 Å². The van der Waals surface area contributed by atoms with Gasteiger partial charge in [0.15, 0.2) is 0 Å². The van der Waals surface area contributed by atoms with Crippen molar-refractivity contribution in [3.8, 4) is 0 Å². The molecule has 0 aliphatic heterocycles. The van der Waals surface area contributed by atoms with E-state index in [1.54, 1.807) is 11.7 Å². The second-order valence-electron chi connectivity index (χ2n) is 12.5. The molecule has 0 spiro atoms. The van der Waals surface area contributed by atoms with Crippen molar-refractivity contribution in [3.05, 3.63) is 104 Å². The molecule has 11 nitrogen and oxygen atoms in total. The minimum Gasteiger partial charge on any atom is -0.444 e. The Kier molecular flexibility index (Phi) is 14.5. The highest BCUT2D eigenvalue weighted by molar-refractivity contribution is 7.09. The van der Waals surface area contributed by atoms with Gasteiger partial charge in [0.25, 0.3) is 0 Å². The number of hydrogen-bond donors (Lipinski definition) is 4. The Hall–Kier alpha value is -4.33. The van der Waals surface area contributed by atoms with E-state index in [-0.39, 0.29) is 31.5 Å². The van der Waals surface area contributed by atoms with E-state index in [1.165, 1.54) is 22.7 Å². The van der Waals surface area contributed by atoms with Gasteiger partial charge in [-0.25, -0.2) is 14.6 Å². The molecular weight excluding hydrogens is 663 g/mol. The number of ether oxygens (including phenoxy) is 2. The molecule has 0 bridgehead atoms. The normalized spacial score (nSPS) is 13.7. The van der Waals surface area contributed by atoms with E-state index < -0.39 is 42.3 Å². The SMILES string of the molecule is CC(C)c1nc(COC(=O)N[C@H](C(=O)N[C@@H](Cc2ccccc2)C[C@H](O)[C@H](Cc2ccccc2)NC(=O)OCc2cncs2)C(C)C)cs1. The lowest BCUT2D eigenvalue weighted by atomic mass is 9.93. The van der Waals surface area contributed by atoms with Gasteiger partial charge in [-0.05, 0) is 36.3 Å². The smallest absolute Gasteiger partial charge is 0.408 e. The molecule has 2 aromatic heterocycles. The highest BCUT2D eigenvalue weighted by Crippen LogP contribution is 2.20. The molecule has 0 saturated heterocycles. The van der Waals surface area contributed by atoms with Crippen molar-refractivity contribution in [2.75, 3.05) is 0 Å². The van der Waals surface area contributed by atoms with Crippen molar-refractivity contribution in [1.82, 2.24) is 25.9 Å². The highest BCUT2D eigenvalue weighted by atomic mass is 32.1. The maximum Gasteiger partial charge on any atom is 0.408 e. The number of hydrogen-bond acceptors (Lipinski definition) is 10. The number of alkyl carbamates (subject to hydrolysis) is 2. The van der Waals surface area contributed by atoms with E-state index in [4.69, 9.17) is 9.47 Å². The Labute approximate surface area is 295 Å². The van der Waals surface area contributed by atoms with E-state index in [0.29, 0.717) is 18.5 Å². The van der Waals surface area contributed by atoms with Gasteiger partial charge in [-0.3, -0.25) is 9.78 Å². The summed E-state index contributed by atoms with van der Waals surface area (Å²) in [6.45, 7) is 7.81. The van der Waals surface area contributed by atoms with Gasteiger partial charge in [-0.2, -0.15) is 0 Å². The van der Waals surface area contributed by atoms with Crippen LogP contribution in [0.2, 0.25) is 0 Å². The van der Waals surface area contributed by atoms with Crippen molar-refractivity contribution >= 4 is 40.8 Å². The van der Waals surface area contributed by atoms with Gasteiger partial charge in [0.05, 0.1) is 33.2 Å². The van der Waals surface area contributed by atoms with Crippen LogP contribution in [-0.2, 0) is 40.3 Å². The van der Waals surface area contributed by atoms with Gasteiger partial charge in [-0.15, -0.1) is 22.7 Å². The monoisotopic (exact) mass is 707 g/mol. The lowest BCUT2D eigenvalue weighted by Crippen LogP contribution is -2.54. The molecule has 4 atom stereocenters. The summed E-state index contributed by atoms with van der Waals surface area (Å²) in [5, 5.41) is 23.0. The molecule has 49 heavy (non-hydrogen) atoms. The summed E-state index contributed by atoms with van der Waals surface area (Å²) in [5.41, 5.74) is 4.18. The quantitative estimate of drug-likeness (QED) is 0.105. The number of aromatic nitrogens is 2. The van der Waals surface area contributed by atoms with Crippen molar-refractivity contribution in [2.24, 2.45) is 5.92 Å². The number of carbonyl (C=O) groups excluding carboxylic acids is 3. The maximum absolute atomic E-state index is 13.7. The second-order valence-corrected chi connectivity index (χ2v) is 14.3. The standard InChI is InChI=1S/C36H45N5O6S2/c1-23(2)32(41-36(45)46-19-28-21-48-34(39-28)24(3)4)33(43)38-27(15-25-11-7-5-8-12-25)17-31(42)30(16-26-13-9-6-10-14-26)40-35(44)47-20-29-18-37-22-49-29/h5-14,18,21-24,27,30-32,42H,15-17,19-20H2,1-4H3,(H,38,43)(H,40,44)(H,41,45)/t27-,30-,31-,32-/m0/s1. The lowest BCUT2D eigenvalue weighted by Gasteiger charge is -2.30. The topological polar surface area (TPSA) is 152 Å². The van der Waals surface area contributed by atoms with Crippen LogP contribution in [0.15, 0.2) is 77.8 Å². The molecule has 0 fully saturated rings. The average Bonchev–Trinajstić information content (AvgIpc) is 3.79. The summed E-state index contributed by atoms with van der Waals surface area (Å²) in [7, 11) is 0. The summed E-state index contributed by atoms with van der Waals surface area (Å²) in [6, 6.07) is 17.0. The molecule has 0 aliphatic carbocycles. The minimum atomic E-state index is -1.06. The van der Waals surface area contributed by atoms with E-state index >= 15 is 0 Å². The zero-order valence-corrected chi connectivity index (χ0v) is 29.8. The van der Waals surface area contributed by atoms with Crippen molar-refractivity contribution in [2.45, 2.75) is 90.3 Å². The van der Waals surface area contributed by atoms with Crippen LogP contribution in [0.4, 0.5) is 9.59 Å². The first-order valence-electron chi connectivity index (χ1n) is 16.3. The van der Waals surface area contributed by atoms with Gasteiger partial charge in [-0.1, -0.05) is 88.4 Å². The zero-order valence-electron chi connectivity index (χ0n) is 28.2. The number of nitrogens with zero attached hydrogens (tertiary/aromatic N) is 2. The van der Waals surface area contributed by atoms with Crippen LogP contribution >= 0.6 is 22.7 Å². The lowest BCUT2D eigenvalue weighted by molar-refractivity contribution is -0.125. The Morgan fingerprint density at radius 1 is 0.816 bits per heavy atom. The Balaban J connectivity index is 1.44. The molecule has 0 radical (unpaired) electrons. The van der Waals surface area contributed by atoms with Gasteiger partial charge in [0.1, 0.15) is 19.3 Å². The number of carbonyl (C=O) groups is 3. The fourth-order valence-electron chi connectivity index (χ4n) is 5.13. The zero-order chi connectivity index (χ0) is 35.2. The van der Waals surface area contributed by atoms with Gasteiger partial charge >= 0.3 is 12.2 Å². The van der Waals surface area contributed by atoms with Gasteiger partial charge in [0, 0.05) is 23.5 Å². The summed E-state index contributed by atoms with van der Waals surface area (Å²) in [6.07, 6.45) is 0.0411. The van der Waals surface area contributed by atoms with Gasteiger partial charge < -0.3 is 30.5 Å². The second kappa shape index (κ2) is 19.0. The van der Waals surface area contributed by atoms with Crippen LogP contribution in [0, 0.1) is 5.92 Å². The number of aliphatic hydroxyl groups is 1. The molecule has 4 rings (SSSR count). The largest absolute Gasteiger partial charge is 0.444 e. The van der Waals surface area contributed by atoms with E-state index in [2.05, 4.69) is 25.9 Å². The highest BCUT2D eigenvalue weighted by Gasteiger charge is 2.30. The minimum absolute atomic E-state index is 0.00718. The van der Waals surface area contributed by atoms with Crippen molar-refractivity contribution < 1.29 is 29.0 Å². The van der Waals surface area contributed by atoms with Crippen LogP contribution in [-0.4, -0.2) is 57.4 Å². The first-order valence-corrected chi connectivity index (χ1v) is 18.1. The van der Waals surface area contributed by atoms with E-state index in [9.17, 15) is 19.5 Å². The molecule has 2 aromatic carbocycles. The number of nitrogens with one attached hydrogen (secondary N) is 3. The Bertz CT molecular complexity index is 1580. The maximum atomic E-state index is 13.7. The molecule has 13 heteroatoms. The van der Waals surface area contributed by atoms with Crippen LogP contribution in [0.1, 0.15) is 66.7 Å². The van der Waals surface area contributed by atoms with Crippen LogP contribution < -0.4 is 16.0 Å². The predicted octanol–water partition coefficient (Wildman–Crippen LogP) is 5.99. The van der Waals surface area contributed by atoms with Crippen LogP contribution in [0.25, 0.3) is 0 Å². The third kappa shape index (κ3) is 12.6. The fraction of sp³-hybridized carbons (Fsp3) is 0.417. The third-order valence-corrected chi connectivity index (χ3v) is 9.68. The molecule has 3 amide bonds. The first-order chi connectivity index (χ1) is 23.6. The van der Waals surface area contributed by atoms with Gasteiger partial charge in [0.2, 0.25) is 5.91 Å². The molecular formula is C36H45N5O6S2. The third-order valence-electron chi connectivity index (χ3n) is 7.73. The van der Waals surface area contributed by atoms with Crippen LogP contribution in [0.3, 0.4) is 0 Å². The first kappa shape index (κ1) is 37.5. The summed E-state index contributed by atoms with van der Waals surface area (Å²) < 4.78 is 10.8. The molecule has 0 saturated carbocycles. The van der Waals surface area contributed by atoms with Crippen LogP contribution in [0.5, 0.6) is 0 Å². The number of benzene rings is 2. The predicted molar refractivity (Wildman–Crippen MR) is 190 cm³/mol. The number of amides is 3. The van der Waals surface area contributed by atoms with E-state index in [1.807, 2.05) is 93.7 Å². The molecule has 4 aromatic rings. The Morgan fingerprint density at radius 2 is 1.45 bits per heavy atom. The molecule has 0 unspecified atom stereocenters. The Morgan fingerprint density at radius 3 is 2.04 bits per heavy atom. The molecule has 0 aliphatic rings. The molecule has 262 valence electrons. The number of thiazole rings is 2. The summed E-state index contributed by atoms with van der Waals surface area (Å²) >= 11 is 2.89. The summed E-state index contributed by atoms with van der Waals surface area (Å²) in [5.74, 6) is -0.397. The average molecular weight is 708 g/mol. The number of aliphatic hydroxyl groups excluding tert-OH is 1. The number of rotatable bonds is 17. The van der Waals surface area contributed by atoms with Crippen molar-refractivity contribution in [1.29, 1.82) is 0 Å². The summed E-state index contributed by atoms with van der Waals surface area (Å²) in [4.78, 5) is 48.7. The molecule has 2 heterocycles.